The number of para-hydroxylation sites is 3. The van der Waals surface area contributed by atoms with Crippen molar-refractivity contribution in [3.8, 4) is 34.0 Å². The fourth-order valence-electron chi connectivity index (χ4n) is 8.13. The number of benzene rings is 7. The highest BCUT2D eigenvalue weighted by atomic mass is 15.2. The van der Waals surface area contributed by atoms with Crippen molar-refractivity contribution in [2.75, 3.05) is 0 Å². The lowest BCUT2D eigenvalue weighted by Gasteiger charge is -2.13. The van der Waals surface area contributed by atoms with Gasteiger partial charge in [-0.15, -0.1) is 0 Å². The highest BCUT2D eigenvalue weighted by Gasteiger charge is 2.21. The Morgan fingerprint density at radius 2 is 1.06 bits per heavy atom. The van der Waals surface area contributed by atoms with E-state index in [4.69, 9.17) is 15.0 Å². The van der Waals surface area contributed by atoms with Crippen molar-refractivity contribution in [1.82, 2.24) is 24.1 Å². The van der Waals surface area contributed by atoms with Crippen LogP contribution in [-0.4, -0.2) is 24.1 Å². The first-order valence-corrected chi connectivity index (χ1v) is 17.5. The third kappa shape index (κ3) is 4.20. The molecule has 4 heterocycles. The molecule has 0 radical (unpaired) electrons. The van der Waals surface area contributed by atoms with Gasteiger partial charge in [-0.3, -0.25) is 9.55 Å². The second-order valence-electron chi connectivity index (χ2n) is 13.2. The number of hydrogen-bond acceptors (Lipinski definition) is 3. The molecule has 0 bridgehead atoms. The quantitative estimate of drug-likeness (QED) is 0.188. The molecule has 4 aromatic heterocycles. The van der Waals surface area contributed by atoms with E-state index < -0.39 is 0 Å². The summed E-state index contributed by atoms with van der Waals surface area (Å²) in [4.78, 5) is 15.0. The first-order valence-electron chi connectivity index (χ1n) is 17.5. The van der Waals surface area contributed by atoms with Gasteiger partial charge >= 0.3 is 0 Å². The summed E-state index contributed by atoms with van der Waals surface area (Å²) in [6, 6.07) is 60.2. The Balaban J connectivity index is 1.19. The van der Waals surface area contributed by atoms with Crippen LogP contribution < -0.4 is 0 Å². The van der Waals surface area contributed by atoms with Gasteiger partial charge in [-0.1, -0.05) is 115 Å². The molecule has 0 spiro atoms. The molecule has 5 nitrogen and oxygen atoms in total. The molecule has 242 valence electrons. The fraction of sp³-hybridized carbons (Fsp3) is 0. The largest absolute Gasteiger partial charge is 0.309 e. The smallest absolute Gasteiger partial charge is 0.235 e. The minimum absolute atomic E-state index is 0.623. The van der Waals surface area contributed by atoms with Crippen molar-refractivity contribution < 1.29 is 0 Å². The average molecular weight is 664 g/mol. The number of pyridine rings is 1. The standard InChI is InChI=1S/C47H29N5/c1-3-14-30(15-4-1)45-46-39(22-13-27-48-46)49-47(50-45)52-40-23-11-9-19-34(40)38-28-31(25-26-42(38)52)37-29-43-44(35-20-8-7-18-33(35)37)36-21-10-12-24-41(36)51(43)32-16-5-2-6-17-32/h1-29H. The van der Waals surface area contributed by atoms with Crippen molar-refractivity contribution in [3.63, 3.8) is 0 Å². The number of fused-ring (bicyclic) bond motifs is 9. The van der Waals surface area contributed by atoms with Crippen LogP contribution in [0, 0.1) is 0 Å². The summed E-state index contributed by atoms with van der Waals surface area (Å²) in [6.07, 6.45) is 1.81. The summed E-state index contributed by atoms with van der Waals surface area (Å²) in [5.41, 5.74) is 11.4. The van der Waals surface area contributed by atoms with Crippen LogP contribution in [0.3, 0.4) is 0 Å². The van der Waals surface area contributed by atoms with E-state index in [9.17, 15) is 0 Å². The Hall–Kier alpha value is -7.11. The zero-order valence-corrected chi connectivity index (χ0v) is 28.0. The molecule has 0 saturated carbocycles. The van der Waals surface area contributed by atoms with Crippen LogP contribution in [0.25, 0.3) is 99.4 Å². The molecule has 0 aliphatic carbocycles. The zero-order chi connectivity index (χ0) is 34.2. The van der Waals surface area contributed by atoms with E-state index in [0.717, 1.165) is 55.3 Å². The number of nitrogens with zero attached hydrogens (tertiary/aromatic N) is 5. The topological polar surface area (TPSA) is 48.5 Å². The van der Waals surface area contributed by atoms with Gasteiger partial charge in [0, 0.05) is 39.0 Å². The van der Waals surface area contributed by atoms with Crippen LogP contribution in [0.2, 0.25) is 0 Å². The lowest BCUT2D eigenvalue weighted by Crippen LogP contribution is -2.04. The van der Waals surface area contributed by atoms with E-state index in [1.807, 2.05) is 30.3 Å². The number of rotatable bonds is 4. The van der Waals surface area contributed by atoms with Gasteiger partial charge in [0.15, 0.2) is 0 Å². The second kappa shape index (κ2) is 11.2. The van der Waals surface area contributed by atoms with Gasteiger partial charge in [-0.2, -0.15) is 0 Å². The summed E-state index contributed by atoms with van der Waals surface area (Å²) >= 11 is 0. The van der Waals surface area contributed by atoms with Gasteiger partial charge in [0.05, 0.1) is 27.6 Å². The molecule has 0 fully saturated rings. The van der Waals surface area contributed by atoms with Crippen LogP contribution in [0.5, 0.6) is 0 Å². The van der Waals surface area contributed by atoms with Crippen LogP contribution in [0.1, 0.15) is 0 Å². The molecule has 0 amide bonds. The van der Waals surface area contributed by atoms with Gasteiger partial charge in [0.2, 0.25) is 5.95 Å². The molecule has 11 rings (SSSR count). The first-order chi connectivity index (χ1) is 25.8. The molecule has 0 aliphatic heterocycles. The van der Waals surface area contributed by atoms with Gasteiger partial charge < -0.3 is 4.57 Å². The van der Waals surface area contributed by atoms with Crippen molar-refractivity contribution in [2.24, 2.45) is 0 Å². The Labute approximate surface area is 298 Å². The summed E-state index contributed by atoms with van der Waals surface area (Å²) in [7, 11) is 0. The first kappa shape index (κ1) is 28.7. The van der Waals surface area contributed by atoms with Crippen molar-refractivity contribution in [1.29, 1.82) is 0 Å². The Morgan fingerprint density at radius 1 is 0.404 bits per heavy atom. The van der Waals surface area contributed by atoms with E-state index in [0.29, 0.717) is 5.95 Å². The molecule has 0 aliphatic rings. The van der Waals surface area contributed by atoms with Crippen LogP contribution in [0.4, 0.5) is 0 Å². The van der Waals surface area contributed by atoms with Crippen molar-refractivity contribution in [3.05, 3.63) is 176 Å². The lowest BCUT2D eigenvalue weighted by atomic mass is 9.94. The maximum Gasteiger partial charge on any atom is 0.235 e. The normalized spacial score (nSPS) is 11.8. The third-order valence-electron chi connectivity index (χ3n) is 10.4. The number of aromatic nitrogens is 5. The van der Waals surface area contributed by atoms with E-state index in [1.165, 1.54) is 38.1 Å². The third-order valence-corrected chi connectivity index (χ3v) is 10.4. The van der Waals surface area contributed by atoms with E-state index in [1.54, 1.807) is 6.20 Å². The molecule has 5 heteroatoms. The van der Waals surface area contributed by atoms with E-state index >= 15 is 0 Å². The summed E-state index contributed by atoms with van der Waals surface area (Å²) in [6.45, 7) is 0. The van der Waals surface area contributed by atoms with Crippen LogP contribution >= 0.6 is 0 Å². The summed E-state index contributed by atoms with van der Waals surface area (Å²) in [5, 5.41) is 7.30. The second-order valence-corrected chi connectivity index (χ2v) is 13.2. The van der Waals surface area contributed by atoms with Gasteiger partial charge in [0.25, 0.3) is 0 Å². The molecule has 11 aromatic rings. The Kier molecular flexibility index (Phi) is 6.18. The highest BCUT2D eigenvalue weighted by Crippen LogP contribution is 2.43. The highest BCUT2D eigenvalue weighted by molar-refractivity contribution is 6.24. The molecule has 0 unspecified atom stereocenters. The minimum atomic E-state index is 0.623. The fourth-order valence-corrected chi connectivity index (χ4v) is 8.13. The molecule has 7 aromatic carbocycles. The zero-order valence-electron chi connectivity index (χ0n) is 28.0. The lowest BCUT2D eigenvalue weighted by molar-refractivity contribution is 1.01. The summed E-state index contributed by atoms with van der Waals surface area (Å²) < 4.78 is 4.60. The Morgan fingerprint density at radius 3 is 1.87 bits per heavy atom. The van der Waals surface area contributed by atoms with Crippen molar-refractivity contribution >= 4 is 65.4 Å². The molecular formula is C47H29N5. The molecule has 0 atom stereocenters. The summed E-state index contributed by atoms with van der Waals surface area (Å²) in [5.74, 6) is 0.623. The van der Waals surface area contributed by atoms with Gasteiger partial charge in [0.1, 0.15) is 11.2 Å². The average Bonchev–Trinajstić information content (AvgIpc) is 3.73. The maximum absolute atomic E-state index is 5.22. The molecule has 0 N–H and O–H groups in total. The SMILES string of the molecule is c1ccc(-c2nc(-n3c4ccccc4c4cc(-c5cc6c(c7ccccc57)c5ccccc5n6-c5ccccc5)ccc43)nc3cccnc23)cc1. The van der Waals surface area contributed by atoms with E-state index in [2.05, 4.69) is 149 Å². The van der Waals surface area contributed by atoms with E-state index in [-0.39, 0.29) is 0 Å². The predicted octanol–water partition coefficient (Wildman–Crippen LogP) is 11.7. The predicted molar refractivity (Wildman–Crippen MR) is 214 cm³/mol. The molecule has 0 saturated heterocycles. The molecular weight excluding hydrogens is 635 g/mol. The van der Waals surface area contributed by atoms with Crippen LogP contribution in [0.15, 0.2) is 176 Å². The van der Waals surface area contributed by atoms with Crippen molar-refractivity contribution in [2.45, 2.75) is 0 Å². The van der Waals surface area contributed by atoms with Gasteiger partial charge in [-0.25, -0.2) is 9.97 Å². The van der Waals surface area contributed by atoms with Gasteiger partial charge in [-0.05, 0) is 76.5 Å². The monoisotopic (exact) mass is 663 g/mol. The maximum atomic E-state index is 5.22. The minimum Gasteiger partial charge on any atom is -0.309 e. The van der Waals surface area contributed by atoms with Crippen LogP contribution in [-0.2, 0) is 0 Å². The molecule has 52 heavy (non-hydrogen) atoms. The number of hydrogen-bond donors (Lipinski definition) is 0. The Bertz CT molecular complexity index is 3180.